The summed E-state index contributed by atoms with van der Waals surface area (Å²) in [5, 5.41) is 13.0. The van der Waals surface area contributed by atoms with Gasteiger partial charge >= 0.3 is 0 Å². The van der Waals surface area contributed by atoms with Gasteiger partial charge in [-0.15, -0.1) is 0 Å². The normalized spacial score (nSPS) is 17.1. The summed E-state index contributed by atoms with van der Waals surface area (Å²) >= 11 is 0. The van der Waals surface area contributed by atoms with E-state index >= 15 is 0 Å². The lowest BCUT2D eigenvalue weighted by Crippen LogP contribution is -2.47. The Morgan fingerprint density at radius 2 is 2.00 bits per heavy atom. The van der Waals surface area contributed by atoms with Crippen LogP contribution in [0.15, 0.2) is 18.2 Å². The van der Waals surface area contributed by atoms with Crippen LogP contribution in [0.3, 0.4) is 0 Å². The number of benzene rings is 1. The summed E-state index contributed by atoms with van der Waals surface area (Å²) in [7, 11) is 0. The molecule has 0 aromatic heterocycles. The molecule has 2 N–H and O–H groups in total. The van der Waals surface area contributed by atoms with Gasteiger partial charge in [0.25, 0.3) is 0 Å². The van der Waals surface area contributed by atoms with Crippen molar-refractivity contribution in [1.82, 2.24) is 5.32 Å². The van der Waals surface area contributed by atoms with Gasteiger partial charge in [-0.3, -0.25) is 0 Å². The second kappa shape index (κ2) is 7.81. The molecule has 3 nitrogen and oxygen atoms in total. The summed E-state index contributed by atoms with van der Waals surface area (Å²) in [5.74, 6) is 0.964. The zero-order valence-electron chi connectivity index (χ0n) is 13.5. The first kappa shape index (κ1) is 16.3. The van der Waals surface area contributed by atoms with Gasteiger partial charge in [-0.05, 0) is 68.8 Å². The fraction of sp³-hybridized carbons (Fsp3) is 0.667. The summed E-state index contributed by atoms with van der Waals surface area (Å²) in [5.41, 5.74) is 2.69. The molecule has 1 atom stereocenters. The molecule has 1 aliphatic rings. The molecule has 0 heterocycles. The summed E-state index contributed by atoms with van der Waals surface area (Å²) < 4.78 is 5.90. The lowest BCUT2D eigenvalue weighted by Gasteiger charge is -2.28. The molecule has 1 aliphatic carbocycles. The average molecular weight is 291 g/mol. The second-order valence-electron chi connectivity index (χ2n) is 6.38. The number of rotatable bonds is 8. The van der Waals surface area contributed by atoms with Crippen LogP contribution in [0.4, 0.5) is 0 Å². The van der Waals surface area contributed by atoms with Crippen molar-refractivity contribution < 1.29 is 9.84 Å². The van der Waals surface area contributed by atoms with Gasteiger partial charge in [0.15, 0.2) is 0 Å². The summed E-state index contributed by atoms with van der Waals surface area (Å²) in [6.45, 7) is 5.89. The molecular formula is C18H29NO2. The van der Waals surface area contributed by atoms with Gasteiger partial charge in [-0.1, -0.05) is 13.0 Å². The fourth-order valence-electron chi connectivity index (χ4n) is 2.84. The van der Waals surface area contributed by atoms with Gasteiger partial charge in [-0.25, -0.2) is 0 Å². The number of fused-ring (bicyclic) bond motifs is 1. The number of aliphatic hydroxyl groups is 1. The first-order chi connectivity index (χ1) is 10.2. The standard InChI is InChI=1S/C18H29NO2/c1-3-11-19-18(2,14-20)10-12-21-17-9-8-15-6-4-5-7-16(15)13-17/h8-9,13,19-20H,3-7,10-12,14H2,1-2H3. The highest BCUT2D eigenvalue weighted by Crippen LogP contribution is 2.25. The van der Waals surface area contributed by atoms with Crippen molar-refractivity contribution in [3.05, 3.63) is 29.3 Å². The summed E-state index contributed by atoms with van der Waals surface area (Å²) in [6.07, 6.45) is 6.87. The third-order valence-corrected chi connectivity index (χ3v) is 4.39. The summed E-state index contributed by atoms with van der Waals surface area (Å²) in [4.78, 5) is 0. The van der Waals surface area contributed by atoms with Crippen LogP contribution in [0.1, 0.15) is 50.7 Å². The predicted octanol–water partition coefficient (Wildman–Crippen LogP) is 3.08. The Kier molecular flexibility index (Phi) is 6.07. The van der Waals surface area contributed by atoms with Crippen LogP contribution in [0.2, 0.25) is 0 Å². The Labute approximate surface area is 128 Å². The molecule has 21 heavy (non-hydrogen) atoms. The Balaban J connectivity index is 1.85. The van der Waals surface area contributed by atoms with E-state index in [0.717, 1.165) is 25.1 Å². The monoisotopic (exact) mass is 291 g/mol. The van der Waals surface area contributed by atoms with Crippen molar-refractivity contribution in [1.29, 1.82) is 0 Å². The van der Waals surface area contributed by atoms with E-state index in [4.69, 9.17) is 4.74 Å². The van der Waals surface area contributed by atoms with E-state index in [0.29, 0.717) is 6.61 Å². The van der Waals surface area contributed by atoms with E-state index in [1.54, 1.807) is 0 Å². The van der Waals surface area contributed by atoms with Gasteiger partial charge in [0, 0.05) is 12.0 Å². The third kappa shape index (κ3) is 4.72. The van der Waals surface area contributed by atoms with Gasteiger partial charge in [0.1, 0.15) is 5.75 Å². The highest BCUT2D eigenvalue weighted by Gasteiger charge is 2.22. The number of hydrogen-bond acceptors (Lipinski definition) is 3. The smallest absolute Gasteiger partial charge is 0.119 e. The SMILES string of the molecule is CCCNC(C)(CO)CCOc1ccc2c(c1)CCCC2. The van der Waals surface area contributed by atoms with Crippen LogP contribution in [-0.2, 0) is 12.8 Å². The van der Waals surface area contributed by atoms with Crippen LogP contribution in [0, 0.1) is 0 Å². The van der Waals surface area contributed by atoms with Crippen LogP contribution in [0.25, 0.3) is 0 Å². The molecule has 0 saturated heterocycles. The minimum absolute atomic E-state index is 0.139. The minimum Gasteiger partial charge on any atom is -0.494 e. The fourth-order valence-corrected chi connectivity index (χ4v) is 2.84. The van der Waals surface area contributed by atoms with Crippen molar-refractivity contribution in [2.24, 2.45) is 0 Å². The van der Waals surface area contributed by atoms with Crippen LogP contribution < -0.4 is 10.1 Å². The molecule has 0 spiro atoms. The van der Waals surface area contributed by atoms with Crippen LogP contribution >= 0.6 is 0 Å². The zero-order chi connectivity index (χ0) is 15.1. The molecule has 1 aromatic carbocycles. The Hall–Kier alpha value is -1.06. The Bertz CT molecular complexity index is 447. The quantitative estimate of drug-likeness (QED) is 0.773. The first-order valence-corrected chi connectivity index (χ1v) is 8.27. The number of ether oxygens (including phenoxy) is 1. The zero-order valence-corrected chi connectivity index (χ0v) is 13.5. The average Bonchev–Trinajstić information content (AvgIpc) is 2.53. The van der Waals surface area contributed by atoms with Gasteiger partial charge in [0.05, 0.1) is 13.2 Å². The van der Waals surface area contributed by atoms with Gasteiger partial charge < -0.3 is 15.2 Å². The van der Waals surface area contributed by atoms with Crippen molar-refractivity contribution in [2.45, 2.75) is 57.9 Å². The van der Waals surface area contributed by atoms with Crippen molar-refractivity contribution in [3.63, 3.8) is 0 Å². The molecule has 0 aliphatic heterocycles. The largest absolute Gasteiger partial charge is 0.494 e. The highest BCUT2D eigenvalue weighted by molar-refractivity contribution is 5.37. The molecule has 1 unspecified atom stereocenters. The van der Waals surface area contributed by atoms with E-state index in [2.05, 4.69) is 37.4 Å². The second-order valence-corrected chi connectivity index (χ2v) is 6.38. The Morgan fingerprint density at radius 3 is 2.71 bits per heavy atom. The van der Waals surface area contributed by atoms with Crippen LogP contribution in [-0.4, -0.2) is 30.4 Å². The molecule has 118 valence electrons. The van der Waals surface area contributed by atoms with E-state index < -0.39 is 0 Å². The minimum atomic E-state index is -0.246. The molecule has 3 heteroatoms. The number of aliphatic hydroxyl groups excluding tert-OH is 1. The maximum absolute atomic E-state index is 9.55. The Morgan fingerprint density at radius 1 is 1.24 bits per heavy atom. The third-order valence-electron chi connectivity index (χ3n) is 4.39. The molecule has 0 radical (unpaired) electrons. The molecule has 1 aromatic rings. The van der Waals surface area contributed by atoms with E-state index in [1.807, 2.05) is 0 Å². The maximum Gasteiger partial charge on any atom is 0.119 e. The van der Waals surface area contributed by atoms with Gasteiger partial charge in [-0.2, -0.15) is 0 Å². The highest BCUT2D eigenvalue weighted by atomic mass is 16.5. The van der Waals surface area contributed by atoms with E-state index in [1.165, 1.54) is 36.8 Å². The van der Waals surface area contributed by atoms with Crippen molar-refractivity contribution in [2.75, 3.05) is 19.8 Å². The maximum atomic E-state index is 9.55. The van der Waals surface area contributed by atoms with Crippen molar-refractivity contribution >= 4 is 0 Å². The topological polar surface area (TPSA) is 41.5 Å². The molecular weight excluding hydrogens is 262 g/mol. The van der Waals surface area contributed by atoms with E-state index in [9.17, 15) is 5.11 Å². The van der Waals surface area contributed by atoms with Crippen molar-refractivity contribution in [3.8, 4) is 5.75 Å². The van der Waals surface area contributed by atoms with Gasteiger partial charge in [0.2, 0.25) is 0 Å². The lowest BCUT2D eigenvalue weighted by atomic mass is 9.92. The van der Waals surface area contributed by atoms with Crippen LogP contribution in [0.5, 0.6) is 5.75 Å². The molecule has 2 rings (SSSR count). The number of hydrogen-bond donors (Lipinski definition) is 2. The lowest BCUT2D eigenvalue weighted by molar-refractivity contribution is 0.144. The molecule has 0 bridgehead atoms. The number of nitrogens with one attached hydrogen (secondary N) is 1. The molecule has 0 saturated carbocycles. The summed E-state index contributed by atoms with van der Waals surface area (Å²) in [6, 6.07) is 6.49. The predicted molar refractivity (Wildman–Crippen MR) is 87.0 cm³/mol. The van der Waals surface area contributed by atoms with E-state index in [-0.39, 0.29) is 12.1 Å². The number of aryl methyl sites for hydroxylation is 2. The first-order valence-electron chi connectivity index (χ1n) is 8.27. The molecule has 0 fully saturated rings. The molecule has 0 amide bonds.